The summed E-state index contributed by atoms with van der Waals surface area (Å²) in [7, 11) is 0. The molecule has 0 atom stereocenters. The number of amides is 4. The van der Waals surface area contributed by atoms with Crippen molar-refractivity contribution in [1.29, 1.82) is 0 Å². The number of nitrogens with two attached hydrogens (primary N) is 1. The highest BCUT2D eigenvalue weighted by atomic mass is 16.4. The first-order valence-electron chi connectivity index (χ1n) is 8.25. The average molecular weight is 385 g/mol. The number of nitrogens with one attached hydrogen (secondary N) is 3. The van der Waals surface area contributed by atoms with Gasteiger partial charge in [0.05, 0.1) is 6.54 Å². The summed E-state index contributed by atoms with van der Waals surface area (Å²) >= 11 is 0. The molecular weight excluding hydrogens is 366 g/mol. The number of carboxylic acid groups (broad SMARTS) is 1. The summed E-state index contributed by atoms with van der Waals surface area (Å²) in [5.41, 5.74) is 6.19. The van der Waals surface area contributed by atoms with Crippen molar-refractivity contribution in [3.05, 3.63) is 53.7 Å². The van der Waals surface area contributed by atoms with E-state index in [1.807, 2.05) is 0 Å². The van der Waals surface area contributed by atoms with Gasteiger partial charge in [0.25, 0.3) is 5.91 Å². The van der Waals surface area contributed by atoms with Gasteiger partial charge in [-0.05, 0) is 36.2 Å². The van der Waals surface area contributed by atoms with Gasteiger partial charge < -0.3 is 26.8 Å². The maximum Gasteiger partial charge on any atom is 0.316 e. The molecule has 0 bridgehead atoms. The highest BCUT2D eigenvalue weighted by Gasteiger charge is 2.12. The first-order chi connectivity index (χ1) is 13.3. The minimum atomic E-state index is -0.957. The number of aryl methyl sites for hydroxylation is 1. The van der Waals surface area contributed by atoms with E-state index in [1.165, 1.54) is 18.3 Å². The van der Waals surface area contributed by atoms with Crippen molar-refractivity contribution in [1.82, 2.24) is 10.3 Å². The van der Waals surface area contributed by atoms with Crippen LogP contribution in [0.4, 0.5) is 16.3 Å². The average Bonchev–Trinajstić information content (AvgIpc) is 2.65. The third-order valence-corrected chi connectivity index (χ3v) is 3.56. The Labute approximate surface area is 160 Å². The van der Waals surface area contributed by atoms with Gasteiger partial charge in [0.2, 0.25) is 5.91 Å². The van der Waals surface area contributed by atoms with Crippen LogP contribution in [0.15, 0.2) is 42.6 Å². The van der Waals surface area contributed by atoms with Crippen LogP contribution < -0.4 is 21.7 Å². The van der Waals surface area contributed by atoms with Crippen LogP contribution in [0.1, 0.15) is 22.3 Å². The minimum Gasteiger partial charge on any atom is -0.481 e. The van der Waals surface area contributed by atoms with Gasteiger partial charge in [0.15, 0.2) is 0 Å². The second-order valence-electron chi connectivity index (χ2n) is 5.71. The van der Waals surface area contributed by atoms with Crippen molar-refractivity contribution in [2.45, 2.75) is 12.8 Å². The van der Waals surface area contributed by atoms with Crippen LogP contribution >= 0.6 is 0 Å². The molecule has 0 radical (unpaired) electrons. The Balaban J connectivity index is 1.93. The molecule has 0 spiro atoms. The molecule has 1 heterocycles. The van der Waals surface area contributed by atoms with E-state index in [1.54, 1.807) is 24.3 Å². The third kappa shape index (κ3) is 6.41. The lowest BCUT2D eigenvalue weighted by molar-refractivity contribution is -0.137. The largest absolute Gasteiger partial charge is 0.481 e. The summed E-state index contributed by atoms with van der Waals surface area (Å²) in [6.07, 6.45) is 1.58. The number of pyridine rings is 1. The molecule has 6 N–H and O–H groups in total. The number of carboxylic acids is 1. The number of primary amides is 1. The van der Waals surface area contributed by atoms with E-state index in [9.17, 15) is 19.2 Å². The molecule has 0 aliphatic carbocycles. The Morgan fingerprint density at radius 2 is 1.86 bits per heavy atom. The molecule has 0 saturated carbocycles. The fourth-order valence-corrected chi connectivity index (χ4v) is 2.31. The number of carbonyl (C=O) groups is 4. The molecule has 0 fully saturated rings. The molecule has 28 heavy (non-hydrogen) atoms. The second-order valence-corrected chi connectivity index (χ2v) is 5.71. The van der Waals surface area contributed by atoms with E-state index >= 15 is 0 Å². The number of urea groups is 1. The fourth-order valence-electron chi connectivity index (χ4n) is 2.31. The standard InChI is InChI=1S/C18H19N5O5/c19-18(28)22-13-5-1-3-12(9-13)17(27)21-10-14(24)23-16-11(4-2-8-20-16)6-7-15(25)26/h1-5,8-9H,6-7,10H2,(H,21,27)(H,25,26)(H3,19,22,28)(H,20,23,24). The molecule has 2 rings (SSSR count). The summed E-state index contributed by atoms with van der Waals surface area (Å²) in [5, 5.41) is 16.1. The summed E-state index contributed by atoms with van der Waals surface area (Å²) in [6, 6.07) is 8.61. The fraction of sp³-hybridized carbons (Fsp3) is 0.167. The Kier molecular flexibility index (Phi) is 7.03. The van der Waals surface area contributed by atoms with E-state index in [0.29, 0.717) is 11.3 Å². The van der Waals surface area contributed by atoms with Gasteiger partial charge in [-0.15, -0.1) is 0 Å². The molecule has 1 aromatic carbocycles. The predicted octanol–water partition coefficient (Wildman–Crippen LogP) is 0.958. The van der Waals surface area contributed by atoms with Crippen LogP contribution in [0.25, 0.3) is 0 Å². The number of benzene rings is 1. The van der Waals surface area contributed by atoms with Gasteiger partial charge >= 0.3 is 12.0 Å². The van der Waals surface area contributed by atoms with Crippen LogP contribution in [0.3, 0.4) is 0 Å². The molecule has 2 aromatic rings. The number of aromatic nitrogens is 1. The molecular formula is C18H19N5O5. The van der Waals surface area contributed by atoms with Gasteiger partial charge in [-0.3, -0.25) is 14.4 Å². The van der Waals surface area contributed by atoms with Crippen molar-refractivity contribution in [2.24, 2.45) is 5.73 Å². The van der Waals surface area contributed by atoms with E-state index in [2.05, 4.69) is 20.9 Å². The lowest BCUT2D eigenvalue weighted by Gasteiger charge is -2.10. The van der Waals surface area contributed by atoms with Crippen molar-refractivity contribution in [3.8, 4) is 0 Å². The zero-order valence-corrected chi connectivity index (χ0v) is 14.8. The Morgan fingerprint density at radius 3 is 2.57 bits per heavy atom. The van der Waals surface area contributed by atoms with E-state index < -0.39 is 23.8 Å². The monoisotopic (exact) mass is 385 g/mol. The number of carbonyl (C=O) groups excluding carboxylic acids is 3. The number of hydrogen-bond acceptors (Lipinski definition) is 5. The number of hydrogen-bond donors (Lipinski definition) is 5. The number of rotatable bonds is 8. The first-order valence-corrected chi connectivity index (χ1v) is 8.25. The van der Waals surface area contributed by atoms with Crippen molar-refractivity contribution < 1.29 is 24.3 Å². The molecule has 0 aliphatic rings. The summed E-state index contributed by atoms with van der Waals surface area (Å²) in [5.74, 6) is -1.75. The van der Waals surface area contributed by atoms with Crippen molar-refractivity contribution in [3.63, 3.8) is 0 Å². The lowest BCUT2D eigenvalue weighted by atomic mass is 10.1. The molecule has 10 nitrogen and oxygen atoms in total. The Bertz CT molecular complexity index is 899. The minimum absolute atomic E-state index is 0.0963. The van der Waals surface area contributed by atoms with Gasteiger partial charge in [0.1, 0.15) is 5.82 Å². The maximum absolute atomic E-state index is 12.2. The molecule has 10 heteroatoms. The topological polar surface area (TPSA) is 164 Å². The lowest BCUT2D eigenvalue weighted by Crippen LogP contribution is -2.33. The van der Waals surface area contributed by atoms with Crippen LogP contribution in [-0.2, 0) is 16.0 Å². The Hall–Kier alpha value is -3.95. The van der Waals surface area contributed by atoms with E-state index in [-0.39, 0.29) is 30.8 Å². The van der Waals surface area contributed by atoms with Crippen molar-refractivity contribution in [2.75, 3.05) is 17.2 Å². The molecule has 0 aliphatic heterocycles. The smallest absolute Gasteiger partial charge is 0.316 e. The molecule has 0 unspecified atom stereocenters. The number of anilines is 2. The molecule has 0 saturated heterocycles. The maximum atomic E-state index is 12.2. The molecule has 1 aromatic heterocycles. The Morgan fingerprint density at radius 1 is 1.07 bits per heavy atom. The normalized spacial score (nSPS) is 10.0. The summed E-state index contributed by atoms with van der Waals surface area (Å²) < 4.78 is 0. The highest BCUT2D eigenvalue weighted by molar-refractivity contribution is 6.00. The SMILES string of the molecule is NC(=O)Nc1cccc(C(=O)NCC(=O)Nc2ncccc2CCC(=O)O)c1. The van der Waals surface area contributed by atoms with E-state index in [4.69, 9.17) is 10.8 Å². The third-order valence-electron chi connectivity index (χ3n) is 3.56. The van der Waals surface area contributed by atoms with Crippen LogP contribution in [-0.4, -0.2) is 40.5 Å². The van der Waals surface area contributed by atoms with Crippen LogP contribution in [0.5, 0.6) is 0 Å². The zero-order chi connectivity index (χ0) is 20.5. The van der Waals surface area contributed by atoms with Gasteiger partial charge in [0, 0.05) is 23.9 Å². The van der Waals surface area contributed by atoms with Gasteiger partial charge in [-0.1, -0.05) is 12.1 Å². The first kappa shape index (κ1) is 20.4. The van der Waals surface area contributed by atoms with Gasteiger partial charge in [-0.2, -0.15) is 0 Å². The summed E-state index contributed by atoms with van der Waals surface area (Å²) in [4.78, 5) is 49.9. The van der Waals surface area contributed by atoms with Gasteiger partial charge in [-0.25, -0.2) is 9.78 Å². The zero-order valence-electron chi connectivity index (χ0n) is 14.8. The van der Waals surface area contributed by atoms with Crippen LogP contribution in [0, 0.1) is 0 Å². The second kappa shape index (κ2) is 9.67. The number of nitrogens with zero attached hydrogens (tertiary/aromatic N) is 1. The molecule has 146 valence electrons. The quantitative estimate of drug-likeness (QED) is 0.454. The number of aliphatic carboxylic acids is 1. The van der Waals surface area contributed by atoms with Crippen molar-refractivity contribution >= 4 is 35.3 Å². The highest BCUT2D eigenvalue weighted by Crippen LogP contribution is 2.14. The van der Waals surface area contributed by atoms with Crippen LogP contribution in [0.2, 0.25) is 0 Å². The molecule has 4 amide bonds. The van der Waals surface area contributed by atoms with E-state index in [0.717, 1.165) is 0 Å². The predicted molar refractivity (Wildman–Crippen MR) is 101 cm³/mol. The summed E-state index contributed by atoms with van der Waals surface area (Å²) in [6.45, 7) is -0.318.